The minimum absolute atomic E-state index is 0.0106. The Kier molecular flexibility index (Phi) is 5.41. The fraction of sp³-hybridized carbons (Fsp3) is 0.500. The first-order valence-corrected chi connectivity index (χ1v) is 8.91. The van der Waals surface area contributed by atoms with Gasteiger partial charge in [0.25, 0.3) is 0 Å². The quantitative estimate of drug-likeness (QED) is 0.697. The van der Waals surface area contributed by atoms with Gasteiger partial charge in [-0.15, -0.1) is 0 Å². The lowest BCUT2D eigenvalue weighted by atomic mass is 9.85. The molecule has 140 valence electrons. The molecule has 8 nitrogen and oxygen atoms in total. The van der Waals surface area contributed by atoms with Crippen molar-refractivity contribution in [1.82, 2.24) is 15.5 Å². The fourth-order valence-electron chi connectivity index (χ4n) is 3.40. The Morgan fingerprint density at radius 2 is 1.96 bits per heavy atom. The number of anilines is 1. The van der Waals surface area contributed by atoms with Gasteiger partial charge in [0.2, 0.25) is 5.91 Å². The van der Waals surface area contributed by atoms with Crippen LogP contribution >= 0.6 is 0 Å². The van der Waals surface area contributed by atoms with Gasteiger partial charge in [-0.2, -0.15) is 0 Å². The summed E-state index contributed by atoms with van der Waals surface area (Å²) >= 11 is 0. The summed E-state index contributed by atoms with van der Waals surface area (Å²) in [7, 11) is 0. The molecule has 0 radical (unpaired) electrons. The maximum Gasteiger partial charge on any atom is 0.340 e. The predicted molar refractivity (Wildman–Crippen MR) is 96.0 cm³/mol. The van der Waals surface area contributed by atoms with Crippen LogP contribution in [0.3, 0.4) is 0 Å². The molecule has 1 aromatic carbocycles. The van der Waals surface area contributed by atoms with Crippen LogP contribution in [-0.4, -0.2) is 61.1 Å². The number of rotatable bonds is 3. The number of carbonyl (C=O) groups is 3. The second-order valence-electron chi connectivity index (χ2n) is 6.45. The molecule has 2 heterocycles. The average Bonchev–Trinajstić information content (AvgIpc) is 2.65. The molecule has 0 saturated carbocycles. The Bertz CT molecular complexity index is 698. The summed E-state index contributed by atoms with van der Waals surface area (Å²) in [6.07, 6.45) is 1.12. The highest BCUT2D eigenvalue weighted by molar-refractivity contribution is 6.01. The number of piperazine rings is 1. The first-order chi connectivity index (χ1) is 12.6. The van der Waals surface area contributed by atoms with E-state index < -0.39 is 11.5 Å². The Morgan fingerprint density at radius 3 is 2.65 bits per heavy atom. The van der Waals surface area contributed by atoms with Crippen molar-refractivity contribution in [3.05, 3.63) is 29.8 Å². The number of urea groups is 1. The van der Waals surface area contributed by atoms with E-state index in [1.54, 1.807) is 36.1 Å². The number of ether oxygens (including phenoxy) is 1. The number of carbonyl (C=O) groups excluding carboxylic acids is 3. The fourth-order valence-corrected chi connectivity index (χ4v) is 3.40. The lowest BCUT2D eigenvalue weighted by Gasteiger charge is -2.43. The zero-order valence-corrected chi connectivity index (χ0v) is 14.8. The highest BCUT2D eigenvalue weighted by Crippen LogP contribution is 2.25. The van der Waals surface area contributed by atoms with E-state index in [4.69, 9.17) is 4.74 Å². The van der Waals surface area contributed by atoms with Gasteiger partial charge in [0, 0.05) is 26.2 Å². The normalized spacial score (nSPS) is 19.0. The van der Waals surface area contributed by atoms with E-state index >= 15 is 0 Å². The number of para-hydroxylation sites is 1. The largest absolute Gasteiger partial charge is 0.462 e. The Hall–Kier alpha value is -2.61. The summed E-state index contributed by atoms with van der Waals surface area (Å²) < 4.78 is 5.03. The van der Waals surface area contributed by atoms with E-state index in [-0.39, 0.29) is 18.5 Å². The van der Waals surface area contributed by atoms with Crippen LogP contribution in [0.15, 0.2) is 24.3 Å². The Labute approximate surface area is 152 Å². The molecule has 2 fully saturated rings. The molecule has 0 bridgehead atoms. The average molecular weight is 360 g/mol. The van der Waals surface area contributed by atoms with Gasteiger partial charge in [-0.1, -0.05) is 12.1 Å². The van der Waals surface area contributed by atoms with E-state index in [0.29, 0.717) is 43.7 Å². The molecule has 0 unspecified atom stereocenters. The molecule has 3 N–H and O–H groups in total. The summed E-state index contributed by atoms with van der Waals surface area (Å²) in [6.45, 7) is 4.31. The van der Waals surface area contributed by atoms with Crippen molar-refractivity contribution in [2.45, 2.75) is 25.3 Å². The molecular weight excluding hydrogens is 336 g/mol. The van der Waals surface area contributed by atoms with Crippen molar-refractivity contribution in [1.29, 1.82) is 0 Å². The Morgan fingerprint density at radius 1 is 1.23 bits per heavy atom. The molecule has 8 heteroatoms. The number of likely N-dealkylation sites (tertiary alicyclic amines) is 1. The SMILES string of the molecule is CCOC(=O)c1ccccc1NC(=O)N1CCC2(CC1)NCCNC2=O. The van der Waals surface area contributed by atoms with Gasteiger partial charge in [0.1, 0.15) is 5.54 Å². The number of benzene rings is 1. The minimum Gasteiger partial charge on any atom is -0.462 e. The van der Waals surface area contributed by atoms with Crippen LogP contribution in [0.1, 0.15) is 30.1 Å². The maximum absolute atomic E-state index is 12.6. The van der Waals surface area contributed by atoms with Gasteiger partial charge in [-0.05, 0) is 31.9 Å². The van der Waals surface area contributed by atoms with E-state index in [0.717, 1.165) is 6.54 Å². The van der Waals surface area contributed by atoms with Crippen LogP contribution < -0.4 is 16.0 Å². The van der Waals surface area contributed by atoms with Crippen LogP contribution in [0.5, 0.6) is 0 Å². The van der Waals surface area contributed by atoms with Crippen LogP contribution in [0.2, 0.25) is 0 Å². The smallest absolute Gasteiger partial charge is 0.340 e. The van der Waals surface area contributed by atoms with Gasteiger partial charge < -0.3 is 25.6 Å². The van der Waals surface area contributed by atoms with Crippen LogP contribution in [0.25, 0.3) is 0 Å². The maximum atomic E-state index is 12.6. The van der Waals surface area contributed by atoms with Crippen LogP contribution in [0.4, 0.5) is 10.5 Å². The van der Waals surface area contributed by atoms with Crippen LogP contribution in [0, 0.1) is 0 Å². The summed E-state index contributed by atoms with van der Waals surface area (Å²) in [5.74, 6) is -0.458. The molecule has 0 atom stereocenters. The van der Waals surface area contributed by atoms with E-state index in [1.165, 1.54) is 0 Å². The molecule has 3 rings (SSSR count). The number of amides is 3. The van der Waals surface area contributed by atoms with E-state index in [2.05, 4.69) is 16.0 Å². The predicted octanol–water partition coefficient (Wildman–Crippen LogP) is 0.949. The van der Waals surface area contributed by atoms with Crippen molar-refractivity contribution in [3.63, 3.8) is 0 Å². The standard InChI is InChI=1S/C18H24N4O4/c1-2-26-15(23)13-5-3-4-6-14(13)21-17(25)22-11-7-18(8-12-22)16(24)19-9-10-20-18/h3-6,20H,2,7-12H2,1H3,(H,19,24)(H,21,25). The van der Waals surface area contributed by atoms with E-state index in [1.807, 2.05) is 0 Å². The summed E-state index contributed by atoms with van der Waals surface area (Å²) in [4.78, 5) is 38.5. The molecule has 2 aliphatic rings. The first kappa shape index (κ1) is 18.2. The molecule has 1 spiro atoms. The molecular formula is C18H24N4O4. The number of piperidine rings is 1. The monoisotopic (exact) mass is 360 g/mol. The number of nitrogens with zero attached hydrogens (tertiary/aromatic N) is 1. The van der Waals surface area contributed by atoms with Gasteiger partial charge in [0.15, 0.2) is 0 Å². The third-order valence-corrected chi connectivity index (χ3v) is 4.88. The van der Waals surface area contributed by atoms with Gasteiger partial charge in [-0.25, -0.2) is 9.59 Å². The zero-order chi connectivity index (χ0) is 18.6. The molecule has 2 aliphatic heterocycles. The van der Waals surface area contributed by atoms with Gasteiger partial charge >= 0.3 is 12.0 Å². The van der Waals surface area contributed by atoms with Crippen molar-refractivity contribution in [2.75, 3.05) is 38.1 Å². The summed E-state index contributed by atoms with van der Waals surface area (Å²) in [6, 6.07) is 6.48. The molecule has 2 saturated heterocycles. The topological polar surface area (TPSA) is 99.8 Å². The number of nitrogens with one attached hydrogen (secondary N) is 3. The summed E-state index contributed by atoms with van der Waals surface area (Å²) in [5, 5.41) is 8.97. The molecule has 0 aromatic heterocycles. The van der Waals surface area contributed by atoms with Crippen molar-refractivity contribution >= 4 is 23.6 Å². The molecule has 26 heavy (non-hydrogen) atoms. The number of esters is 1. The highest BCUT2D eigenvalue weighted by Gasteiger charge is 2.43. The van der Waals surface area contributed by atoms with Crippen LogP contribution in [-0.2, 0) is 9.53 Å². The third kappa shape index (κ3) is 3.65. The third-order valence-electron chi connectivity index (χ3n) is 4.88. The van der Waals surface area contributed by atoms with Gasteiger partial charge in [0.05, 0.1) is 17.9 Å². The van der Waals surface area contributed by atoms with E-state index in [9.17, 15) is 14.4 Å². The van der Waals surface area contributed by atoms with Crippen molar-refractivity contribution < 1.29 is 19.1 Å². The number of hydrogen-bond donors (Lipinski definition) is 3. The molecule has 0 aliphatic carbocycles. The second-order valence-corrected chi connectivity index (χ2v) is 6.45. The second kappa shape index (κ2) is 7.74. The lowest BCUT2D eigenvalue weighted by molar-refractivity contribution is -0.131. The van der Waals surface area contributed by atoms with Crippen molar-refractivity contribution in [3.8, 4) is 0 Å². The highest BCUT2D eigenvalue weighted by atomic mass is 16.5. The Balaban J connectivity index is 1.63. The minimum atomic E-state index is -0.572. The lowest BCUT2D eigenvalue weighted by Crippen LogP contribution is -2.67. The first-order valence-electron chi connectivity index (χ1n) is 8.91. The zero-order valence-electron chi connectivity index (χ0n) is 14.8. The number of hydrogen-bond acceptors (Lipinski definition) is 5. The molecule has 1 aromatic rings. The molecule has 3 amide bonds. The van der Waals surface area contributed by atoms with Gasteiger partial charge in [-0.3, -0.25) is 4.79 Å². The summed E-state index contributed by atoms with van der Waals surface area (Å²) in [5.41, 5.74) is 0.173. The van der Waals surface area contributed by atoms with Crippen molar-refractivity contribution in [2.24, 2.45) is 0 Å².